The van der Waals surface area contributed by atoms with Gasteiger partial charge in [0.1, 0.15) is 0 Å². The third-order valence-electron chi connectivity index (χ3n) is 4.75. The number of benzene rings is 2. The first-order valence-electron chi connectivity index (χ1n) is 8.54. The summed E-state index contributed by atoms with van der Waals surface area (Å²) in [6, 6.07) is 13.9. The van der Waals surface area contributed by atoms with Crippen molar-refractivity contribution < 1.29 is 13.2 Å². The van der Waals surface area contributed by atoms with Crippen LogP contribution in [0.15, 0.2) is 57.9 Å². The molecule has 0 spiro atoms. The average molecular weight is 445 g/mol. The van der Waals surface area contributed by atoms with Crippen LogP contribution in [0.4, 0.5) is 0 Å². The third kappa shape index (κ3) is 3.37. The van der Waals surface area contributed by atoms with Crippen molar-refractivity contribution in [3.8, 4) is 0 Å². The van der Waals surface area contributed by atoms with Gasteiger partial charge in [-0.05, 0) is 43.2 Å². The zero-order valence-electron chi connectivity index (χ0n) is 14.6. The van der Waals surface area contributed by atoms with E-state index in [1.807, 2.05) is 25.1 Å². The number of fused-ring (bicyclic) bond motifs is 2. The second-order valence-corrected chi connectivity index (χ2v) is 9.64. The SMILES string of the molecule is Cc1cc(C(=O)NC2CCS(=O)(=O)c3ccccc32)c2ccc(Br)cc2n1. The van der Waals surface area contributed by atoms with Crippen LogP contribution < -0.4 is 5.32 Å². The molecule has 0 aliphatic carbocycles. The Morgan fingerprint density at radius 2 is 1.96 bits per heavy atom. The molecule has 0 saturated heterocycles. The van der Waals surface area contributed by atoms with Crippen molar-refractivity contribution in [1.82, 2.24) is 10.3 Å². The topological polar surface area (TPSA) is 76.1 Å². The highest BCUT2D eigenvalue weighted by atomic mass is 79.9. The third-order valence-corrected chi connectivity index (χ3v) is 7.06. The highest BCUT2D eigenvalue weighted by Gasteiger charge is 2.31. The standard InChI is InChI=1S/C20H17BrN2O3S/c1-12-10-16(14-7-6-13(21)11-18(14)22-12)20(24)23-17-8-9-27(25,26)19-5-3-2-4-15(17)19/h2-7,10-11,17H,8-9H2,1H3,(H,23,24). The molecule has 1 aliphatic heterocycles. The maximum atomic E-state index is 13.0. The number of nitrogens with one attached hydrogen (secondary N) is 1. The molecule has 1 aromatic heterocycles. The summed E-state index contributed by atoms with van der Waals surface area (Å²) in [5.41, 5.74) is 2.67. The molecular formula is C20H17BrN2O3S. The first-order valence-corrected chi connectivity index (χ1v) is 11.0. The Labute approximate surface area is 165 Å². The van der Waals surface area contributed by atoms with Gasteiger partial charge >= 0.3 is 0 Å². The first kappa shape index (κ1) is 18.1. The minimum atomic E-state index is -3.29. The number of pyridine rings is 1. The number of halogens is 1. The lowest BCUT2D eigenvalue weighted by molar-refractivity contribution is 0.0936. The Morgan fingerprint density at radius 1 is 1.19 bits per heavy atom. The van der Waals surface area contributed by atoms with Crippen LogP contribution in [0.25, 0.3) is 10.9 Å². The van der Waals surface area contributed by atoms with Crippen molar-refractivity contribution in [1.29, 1.82) is 0 Å². The zero-order chi connectivity index (χ0) is 19.2. The summed E-state index contributed by atoms with van der Waals surface area (Å²) in [6.45, 7) is 1.85. The van der Waals surface area contributed by atoms with Crippen molar-refractivity contribution in [3.05, 3.63) is 69.8 Å². The molecule has 0 bridgehead atoms. The predicted molar refractivity (Wildman–Crippen MR) is 107 cm³/mol. The van der Waals surface area contributed by atoms with Crippen LogP contribution in [0.2, 0.25) is 0 Å². The van der Waals surface area contributed by atoms with Crippen molar-refractivity contribution in [2.45, 2.75) is 24.3 Å². The van der Waals surface area contributed by atoms with E-state index >= 15 is 0 Å². The van der Waals surface area contributed by atoms with Gasteiger partial charge in [-0.1, -0.05) is 40.2 Å². The molecule has 138 valence electrons. The second-order valence-electron chi connectivity index (χ2n) is 6.64. The van der Waals surface area contributed by atoms with Gasteiger partial charge in [-0.3, -0.25) is 9.78 Å². The maximum absolute atomic E-state index is 13.0. The summed E-state index contributed by atoms with van der Waals surface area (Å²) in [6.07, 6.45) is 0.360. The summed E-state index contributed by atoms with van der Waals surface area (Å²) in [5, 5.41) is 3.78. The summed E-state index contributed by atoms with van der Waals surface area (Å²) in [4.78, 5) is 17.8. The number of aryl methyl sites for hydroxylation is 1. The predicted octanol–water partition coefficient (Wildman–Crippen LogP) is 3.95. The van der Waals surface area contributed by atoms with Crippen molar-refractivity contribution in [2.75, 3.05) is 5.75 Å². The number of hydrogen-bond acceptors (Lipinski definition) is 4. The zero-order valence-corrected chi connectivity index (χ0v) is 17.0. The lowest BCUT2D eigenvalue weighted by Crippen LogP contribution is -2.34. The maximum Gasteiger partial charge on any atom is 0.252 e. The molecule has 5 nitrogen and oxygen atoms in total. The minimum Gasteiger partial charge on any atom is -0.345 e. The van der Waals surface area contributed by atoms with Crippen LogP contribution in [-0.4, -0.2) is 25.1 Å². The summed E-state index contributed by atoms with van der Waals surface area (Å²) in [5.74, 6) is -0.204. The van der Waals surface area contributed by atoms with E-state index in [2.05, 4.69) is 26.2 Å². The lowest BCUT2D eigenvalue weighted by Gasteiger charge is -2.26. The van der Waals surface area contributed by atoms with Crippen molar-refractivity contribution in [3.63, 3.8) is 0 Å². The van der Waals surface area contributed by atoms with Crippen LogP contribution in [0.5, 0.6) is 0 Å². The van der Waals surface area contributed by atoms with Crippen molar-refractivity contribution in [2.24, 2.45) is 0 Å². The van der Waals surface area contributed by atoms with Gasteiger partial charge in [0.05, 0.1) is 27.8 Å². The van der Waals surface area contributed by atoms with E-state index in [1.54, 1.807) is 30.3 Å². The van der Waals surface area contributed by atoms with Crippen LogP contribution in [0, 0.1) is 6.92 Å². The molecule has 0 radical (unpaired) electrons. The largest absolute Gasteiger partial charge is 0.345 e. The number of hydrogen-bond donors (Lipinski definition) is 1. The number of nitrogens with zero attached hydrogens (tertiary/aromatic N) is 1. The molecule has 1 N–H and O–H groups in total. The van der Waals surface area contributed by atoms with E-state index in [0.29, 0.717) is 22.4 Å². The van der Waals surface area contributed by atoms with Crippen LogP contribution >= 0.6 is 15.9 Å². The Bertz CT molecular complexity index is 1170. The number of amides is 1. The molecule has 27 heavy (non-hydrogen) atoms. The minimum absolute atomic E-state index is 0.0258. The van der Waals surface area contributed by atoms with Gasteiger partial charge < -0.3 is 5.32 Å². The van der Waals surface area contributed by atoms with Gasteiger partial charge in [-0.2, -0.15) is 0 Å². The van der Waals surface area contributed by atoms with Gasteiger partial charge in [0.15, 0.2) is 9.84 Å². The number of sulfone groups is 1. The highest BCUT2D eigenvalue weighted by Crippen LogP contribution is 2.32. The van der Waals surface area contributed by atoms with E-state index < -0.39 is 9.84 Å². The number of carbonyl (C=O) groups is 1. The van der Waals surface area contributed by atoms with Gasteiger partial charge in [0.25, 0.3) is 5.91 Å². The van der Waals surface area contributed by atoms with E-state index in [1.165, 1.54) is 0 Å². The number of aromatic nitrogens is 1. The molecule has 0 fully saturated rings. The van der Waals surface area contributed by atoms with Crippen LogP contribution in [0.3, 0.4) is 0 Å². The first-order chi connectivity index (χ1) is 12.8. The van der Waals surface area contributed by atoms with E-state index in [0.717, 1.165) is 21.1 Å². The van der Waals surface area contributed by atoms with E-state index in [-0.39, 0.29) is 17.7 Å². The fourth-order valence-electron chi connectivity index (χ4n) is 3.50. The lowest BCUT2D eigenvalue weighted by atomic mass is 10.0. The number of rotatable bonds is 2. The van der Waals surface area contributed by atoms with Gasteiger partial charge in [0.2, 0.25) is 0 Å². The molecule has 1 aliphatic rings. The van der Waals surface area contributed by atoms with Crippen LogP contribution in [-0.2, 0) is 9.84 Å². The number of carbonyl (C=O) groups excluding carboxylic acids is 1. The molecule has 2 aromatic carbocycles. The second kappa shape index (κ2) is 6.73. The fraction of sp³-hybridized carbons (Fsp3) is 0.200. The van der Waals surface area contributed by atoms with E-state index in [4.69, 9.17) is 0 Å². The molecule has 3 aromatic rings. The summed E-state index contributed by atoms with van der Waals surface area (Å²) < 4.78 is 25.5. The van der Waals surface area contributed by atoms with Gasteiger partial charge in [-0.25, -0.2) is 8.42 Å². The molecule has 1 atom stereocenters. The summed E-state index contributed by atoms with van der Waals surface area (Å²) >= 11 is 3.43. The molecule has 7 heteroatoms. The van der Waals surface area contributed by atoms with Gasteiger partial charge in [0, 0.05) is 15.6 Å². The Kier molecular flexibility index (Phi) is 4.52. The van der Waals surface area contributed by atoms with Gasteiger partial charge in [-0.15, -0.1) is 0 Å². The van der Waals surface area contributed by atoms with E-state index in [9.17, 15) is 13.2 Å². The normalized spacial score (nSPS) is 18.1. The highest BCUT2D eigenvalue weighted by molar-refractivity contribution is 9.10. The Morgan fingerprint density at radius 3 is 2.78 bits per heavy atom. The molecule has 1 unspecified atom stereocenters. The monoisotopic (exact) mass is 444 g/mol. The molecule has 4 rings (SSSR count). The molecule has 1 amide bonds. The molecule has 0 saturated carbocycles. The van der Waals surface area contributed by atoms with Crippen LogP contribution in [0.1, 0.15) is 34.1 Å². The Hall–Kier alpha value is -2.25. The quantitative estimate of drug-likeness (QED) is 0.648. The molecule has 2 heterocycles. The molecular weight excluding hydrogens is 428 g/mol. The smallest absolute Gasteiger partial charge is 0.252 e. The van der Waals surface area contributed by atoms with Crippen molar-refractivity contribution >= 4 is 42.6 Å². The summed E-state index contributed by atoms with van der Waals surface area (Å²) in [7, 11) is -3.29. The fourth-order valence-corrected chi connectivity index (χ4v) is 5.47. The average Bonchev–Trinajstić information content (AvgIpc) is 2.63. The Balaban J connectivity index is 1.73.